The minimum absolute atomic E-state index is 0.0221. The molecule has 0 aromatic heterocycles. The lowest BCUT2D eigenvalue weighted by molar-refractivity contribution is -0.140. The number of carbonyl (C=O) groups excluding carboxylic acids is 2. The van der Waals surface area contributed by atoms with Gasteiger partial charge in [-0.15, -0.1) is 0 Å². The second kappa shape index (κ2) is 14.6. The van der Waals surface area contributed by atoms with Gasteiger partial charge in [0, 0.05) is 17.6 Å². The number of benzene rings is 3. The predicted molar refractivity (Wildman–Crippen MR) is 167 cm³/mol. The fourth-order valence-corrected chi connectivity index (χ4v) is 6.13. The zero-order chi connectivity index (χ0) is 31.0. The number of methoxy groups -OCH3 is 1. The van der Waals surface area contributed by atoms with E-state index < -0.39 is 28.5 Å². The Labute approximate surface area is 254 Å². The van der Waals surface area contributed by atoms with Crippen molar-refractivity contribution in [3.05, 3.63) is 88.4 Å². The Kier molecular flexibility index (Phi) is 11.4. The number of anilines is 1. The van der Waals surface area contributed by atoms with Gasteiger partial charge in [-0.2, -0.15) is 0 Å². The van der Waals surface area contributed by atoms with E-state index in [4.69, 9.17) is 16.3 Å². The summed E-state index contributed by atoms with van der Waals surface area (Å²) < 4.78 is 34.9. The van der Waals surface area contributed by atoms with Gasteiger partial charge in [0.1, 0.15) is 18.3 Å². The smallest absolute Gasteiger partial charge is 0.264 e. The standard InChI is InChI=1S/C32H40ClN3O5S/c1-7-24(5)34-32(38)28(8-2)35(20-25-11-9-10-12-27(25)33)31(37)21-36(29-19-23(4)15-18-30(29)41-6)42(39,40)26-16-13-22(3)14-17-26/h9-19,24,28H,7-8,20-21H2,1-6H3,(H,34,38)/t24-,28-/m0/s1. The number of nitrogens with one attached hydrogen (secondary N) is 1. The maximum absolute atomic E-state index is 14.3. The van der Waals surface area contributed by atoms with Crippen molar-refractivity contribution < 1.29 is 22.7 Å². The summed E-state index contributed by atoms with van der Waals surface area (Å²) in [6.07, 6.45) is 1.04. The molecule has 8 nitrogen and oxygen atoms in total. The van der Waals surface area contributed by atoms with Crippen LogP contribution < -0.4 is 14.4 Å². The number of aryl methyl sites for hydroxylation is 2. The third-order valence-corrected chi connectivity index (χ3v) is 9.32. The van der Waals surface area contributed by atoms with Gasteiger partial charge in [0.15, 0.2) is 0 Å². The summed E-state index contributed by atoms with van der Waals surface area (Å²) in [5, 5.41) is 3.41. The summed E-state index contributed by atoms with van der Waals surface area (Å²) in [4.78, 5) is 29.1. The zero-order valence-corrected chi connectivity index (χ0v) is 26.6. The maximum atomic E-state index is 14.3. The number of carbonyl (C=O) groups is 2. The number of halogens is 1. The molecule has 3 aromatic carbocycles. The minimum atomic E-state index is -4.23. The van der Waals surface area contributed by atoms with Crippen LogP contribution in [0.5, 0.6) is 5.75 Å². The third kappa shape index (κ3) is 7.83. The molecule has 0 bridgehead atoms. The van der Waals surface area contributed by atoms with Crippen molar-refractivity contribution in [2.75, 3.05) is 18.0 Å². The Hall–Kier alpha value is -3.56. The largest absolute Gasteiger partial charge is 0.495 e. The van der Waals surface area contributed by atoms with Crippen LogP contribution in [0, 0.1) is 13.8 Å². The first-order valence-corrected chi connectivity index (χ1v) is 15.8. The van der Waals surface area contributed by atoms with E-state index in [1.54, 1.807) is 54.6 Å². The molecule has 0 aliphatic rings. The first-order chi connectivity index (χ1) is 19.9. The Bertz CT molecular complexity index is 1490. The monoisotopic (exact) mass is 613 g/mol. The molecule has 0 fully saturated rings. The summed E-state index contributed by atoms with van der Waals surface area (Å²) in [7, 11) is -2.78. The lowest BCUT2D eigenvalue weighted by Gasteiger charge is -2.34. The second-order valence-electron chi connectivity index (χ2n) is 10.4. The highest BCUT2D eigenvalue weighted by Gasteiger charge is 2.35. The molecule has 1 N–H and O–H groups in total. The van der Waals surface area contributed by atoms with Crippen LogP contribution >= 0.6 is 11.6 Å². The van der Waals surface area contributed by atoms with Crippen LogP contribution in [-0.4, -0.2) is 50.9 Å². The maximum Gasteiger partial charge on any atom is 0.264 e. The lowest BCUT2D eigenvalue weighted by atomic mass is 10.1. The van der Waals surface area contributed by atoms with Crippen LogP contribution in [0.1, 0.15) is 50.3 Å². The molecule has 3 rings (SSSR count). The van der Waals surface area contributed by atoms with Gasteiger partial charge in [0.25, 0.3) is 10.0 Å². The predicted octanol–water partition coefficient (Wildman–Crippen LogP) is 5.88. The molecule has 2 amide bonds. The summed E-state index contributed by atoms with van der Waals surface area (Å²) in [6.45, 7) is 8.83. The highest BCUT2D eigenvalue weighted by atomic mass is 35.5. The second-order valence-corrected chi connectivity index (χ2v) is 12.6. The van der Waals surface area contributed by atoms with Gasteiger partial charge in [-0.05, 0) is 75.1 Å². The molecule has 0 aliphatic heterocycles. The fraction of sp³-hybridized carbons (Fsp3) is 0.375. The van der Waals surface area contributed by atoms with Crippen molar-refractivity contribution >= 4 is 39.1 Å². The Morgan fingerprint density at radius 2 is 1.60 bits per heavy atom. The first kappa shape index (κ1) is 32.9. The van der Waals surface area contributed by atoms with Gasteiger partial charge in [-0.25, -0.2) is 8.42 Å². The van der Waals surface area contributed by atoms with Crippen LogP contribution in [-0.2, 0) is 26.2 Å². The number of hydrogen-bond donors (Lipinski definition) is 1. The number of hydrogen-bond acceptors (Lipinski definition) is 5. The number of amides is 2. The molecule has 0 heterocycles. The van der Waals surface area contributed by atoms with Gasteiger partial charge in [-0.3, -0.25) is 13.9 Å². The summed E-state index contributed by atoms with van der Waals surface area (Å²) in [5.41, 5.74) is 2.55. The highest BCUT2D eigenvalue weighted by Crippen LogP contribution is 2.34. The average molecular weight is 614 g/mol. The van der Waals surface area contributed by atoms with Crippen molar-refractivity contribution in [2.45, 2.75) is 71.0 Å². The van der Waals surface area contributed by atoms with E-state index >= 15 is 0 Å². The first-order valence-electron chi connectivity index (χ1n) is 14.0. The summed E-state index contributed by atoms with van der Waals surface area (Å²) >= 11 is 6.47. The van der Waals surface area contributed by atoms with Crippen LogP contribution in [0.2, 0.25) is 5.02 Å². The number of nitrogens with zero attached hydrogens (tertiary/aromatic N) is 2. The van der Waals surface area contributed by atoms with E-state index in [9.17, 15) is 18.0 Å². The molecule has 2 atom stereocenters. The van der Waals surface area contributed by atoms with Crippen molar-refractivity contribution in [3.63, 3.8) is 0 Å². The topological polar surface area (TPSA) is 96.0 Å². The van der Waals surface area contributed by atoms with Crippen molar-refractivity contribution in [2.24, 2.45) is 0 Å². The number of ether oxygens (including phenoxy) is 1. The molecule has 0 saturated heterocycles. The quantitative estimate of drug-likeness (QED) is 0.260. The van der Waals surface area contributed by atoms with Crippen LogP contribution in [0.25, 0.3) is 0 Å². The number of rotatable bonds is 13. The van der Waals surface area contributed by atoms with Gasteiger partial charge in [0.2, 0.25) is 11.8 Å². The molecular formula is C32H40ClN3O5S. The molecule has 10 heteroatoms. The highest BCUT2D eigenvalue weighted by molar-refractivity contribution is 7.92. The summed E-state index contributed by atoms with van der Waals surface area (Å²) in [6, 6.07) is 17.7. The third-order valence-electron chi connectivity index (χ3n) is 7.18. The van der Waals surface area contributed by atoms with Crippen molar-refractivity contribution in [3.8, 4) is 5.75 Å². The van der Waals surface area contributed by atoms with Gasteiger partial charge < -0.3 is 15.0 Å². The SMILES string of the molecule is CC[C@H](C)NC(=O)[C@H](CC)N(Cc1ccccc1Cl)C(=O)CN(c1cc(C)ccc1OC)S(=O)(=O)c1ccc(C)cc1. The van der Waals surface area contributed by atoms with Crippen LogP contribution in [0.15, 0.2) is 71.6 Å². The molecule has 0 unspecified atom stereocenters. The van der Waals surface area contributed by atoms with Crippen molar-refractivity contribution in [1.29, 1.82) is 0 Å². The molecular weight excluding hydrogens is 574 g/mol. The fourth-order valence-electron chi connectivity index (χ4n) is 4.52. The Morgan fingerprint density at radius 1 is 0.952 bits per heavy atom. The van der Waals surface area contributed by atoms with E-state index in [0.29, 0.717) is 22.8 Å². The van der Waals surface area contributed by atoms with Gasteiger partial charge in [0.05, 0.1) is 17.7 Å². The Morgan fingerprint density at radius 3 is 2.19 bits per heavy atom. The van der Waals surface area contributed by atoms with Crippen LogP contribution in [0.4, 0.5) is 5.69 Å². The van der Waals surface area contributed by atoms with Crippen molar-refractivity contribution in [1.82, 2.24) is 10.2 Å². The van der Waals surface area contributed by atoms with Gasteiger partial charge >= 0.3 is 0 Å². The average Bonchev–Trinajstić information content (AvgIpc) is 2.96. The summed E-state index contributed by atoms with van der Waals surface area (Å²) in [5.74, 6) is -0.572. The normalized spacial score (nSPS) is 12.7. The lowest BCUT2D eigenvalue weighted by Crippen LogP contribution is -2.53. The zero-order valence-electron chi connectivity index (χ0n) is 25.1. The van der Waals surface area contributed by atoms with E-state index in [1.807, 2.05) is 34.6 Å². The Balaban J connectivity index is 2.14. The van der Waals surface area contributed by atoms with Gasteiger partial charge in [-0.1, -0.05) is 67.4 Å². The molecule has 3 aromatic rings. The molecule has 226 valence electrons. The van der Waals surface area contributed by atoms with E-state index in [0.717, 1.165) is 21.9 Å². The molecule has 0 saturated carbocycles. The molecule has 0 aliphatic carbocycles. The van der Waals surface area contributed by atoms with Crippen LogP contribution in [0.3, 0.4) is 0 Å². The van der Waals surface area contributed by atoms with E-state index in [2.05, 4.69) is 5.32 Å². The molecule has 0 spiro atoms. The molecule has 42 heavy (non-hydrogen) atoms. The van der Waals surface area contributed by atoms with E-state index in [-0.39, 0.29) is 29.1 Å². The minimum Gasteiger partial charge on any atom is -0.495 e. The number of sulfonamides is 1. The van der Waals surface area contributed by atoms with E-state index in [1.165, 1.54) is 24.1 Å². The molecule has 0 radical (unpaired) electrons.